The number of hydrogen-bond acceptors (Lipinski definition) is 2. The lowest BCUT2D eigenvalue weighted by molar-refractivity contribution is -0.143. The quantitative estimate of drug-likeness (QED) is 0.361. The molecule has 1 heterocycles. The molecular weight excluding hydrogens is 494 g/mol. The molecule has 0 aliphatic carbocycles. The molecule has 0 saturated heterocycles. The number of rotatable bonds is 3. The topological polar surface area (TPSA) is 32.3 Å². The van der Waals surface area contributed by atoms with Crippen LogP contribution in [0.3, 0.4) is 0 Å². The molecule has 1 aliphatic heterocycles. The Morgan fingerprint density at radius 2 is 1.49 bits per heavy atom. The zero-order chi connectivity index (χ0) is 25.5. The third kappa shape index (κ3) is 5.24. The highest BCUT2D eigenvalue weighted by Gasteiger charge is 2.39. The highest BCUT2D eigenvalue weighted by molar-refractivity contribution is 6.30. The Balaban J connectivity index is 1.74. The Kier molecular flexibility index (Phi) is 6.48. The van der Waals surface area contributed by atoms with Crippen molar-refractivity contribution in [3.05, 3.63) is 94.0 Å². The Morgan fingerprint density at radius 3 is 2.06 bits per heavy atom. The van der Waals surface area contributed by atoms with Gasteiger partial charge in [0.2, 0.25) is 0 Å². The van der Waals surface area contributed by atoms with Crippen LogP contribution in [0.2, 0.25) is 5.02 Å². The molecule has 2 atom stereocenters. The zero-order valence-electron chi connectivity index (χ0n) is 18.2. The van der Waals surface area contributed by atoms with E-state index in [1.165, 1.54) is 4.90 Å². The van der Waals surface area contributed by atoms with Gasteiger partial charge in [-0.3, -0.25) is 4.79 Å². The molecule has 3 aromatic rings. The van der Waals surface area contributed by atoms with Crippen molar-refractivity contribution >= 4 is 28.9 Å². The molecule has 1 aliphatic rings. The van der Waals surface area contributed by atoms with Crippen molar-refractivity contribution in [1.82, 2.24) is 0 Å². The van der Waals surface area contributed by atoms with Gasteiger partial charge in [0.25, 0.3) is 5.91 Å². The summed E-state index contributed by atoms with van der Waals surface area (Å²) in [7, 11) is 0. The Morgan fingerprint density at radius 1 is 0.914 bits per heavy atom. The van der Waals surface area contributed by atoms with Crippen molar-refractivity contribution in [1.29, 1.82) is 0 Å². The van der Waals surface area contributed by atoms with Crippen LogP contribution in [-0.2, 0) is 12.4 Å². The molecule has 0 fully saturated rings. The summed E-state index contributed by atoms with van der Waals surface area (Å²) in [5.41, 5.74) is -1.87. The lowest BCUT2D eigenvalue weighted by Crippen LogP contribution is -2.44. The fourth-order valence-electron chi connectivity index (χ4n) is 4.22. The van der Waals surface area contributed by atoms with E-state index in [1.54, 1.807) is 55.5 Å². The predicted octanol–water partition coefficient (Wildman–Crippen LogP) is 7.97. The van der Waals surface area contributed by atoms with Crippen molar-refractivity contribution in [2.24, 2.45) is 0 Å². The van der Waals surface area contributed by atoms with Gasteiger partial charge in [0.15, 0.2) is 0 Å². The summed E-state index contributed by atoms with van der Waals surface area (Å²) in [6.07, 6.45) is -9.72. The van der Waals surface area contributed by atoms with Gasteiger partial charge in [-0.25, -0.2) is 0 Å². The van der Waals surface area contributed by atoms with Crippen LogP contribution in [0.25, 0.3) is 0 Å². The summed E-state index contributed by atoms with van der Waals surface area (Å²) in [6.45, 7) is 1.70. The lowest BCUT2D eigenvalue weighted by atomic mass is 9.90. The molecule has 0 saturated carbocycles. The Labute approximate surface area is 202 Å². The van der Waals surface area contributed by atoms with Crippen LogP contribution in [0.4, 0.5) is 37.7 Å². The molecule has 0 spiro atoms. The van der Waals surface area contributed by atoms with Gasteiger partial charge in [0, 0.05) is 28.0 Å². The molecule has 0 bridgehead atoms. The zero-order valence-corrected chi connectivity index (χ0v) is 19.0. The first-order chi connectivity index (χ1) is 16.3. The van der Waals surface area contributed by atoms with Gasteiger partial charge in [-0.1, -0.05) is 29.8 Å². The van der Waals surface area contributed by atoms with Crippen molar-refractivity contribution in [2.45, 2.75) is 37.8 Å². The predicted molar refractivity (Wildman–Crippen MR) is 122 cm³/mol. The molecule has 0 radical (unpaired) electrons. The Bertz CT molecular complexity index is 1210. The van der Waals surface area contributed by atoms with Crippen LogP contribution in [0, 0.1) is 0 Å². The van der Waals surface area contributed by atoms with Gasteiger partial charge in [0.05, 0.1) is 17.2 Å². The third-order valence-corrected chi connectivity index (χ3v) is 6.08. The second-order valence-corrected chi connectivity index (χ2v) is 8.75. The van der Waals surface area contributed by atoms with E-state index in [1.807, 2.05) is 0 Å². The molecule has 184 valence electrons. The second kappa shape index (κ2) is 9.11. The molecule has 3 nitrogen and oxygen atoms in total. The molecule has 4 rings (SSSR count). The van der Waals surface area contributed by atoms with Crippen LogP contribution < -0.4 is 10.2 Å². The molecule has 3 aromatic carbocycles. The van der Waals surface area contributed by atoms with E-state index in [9.17, 15) is 31.1 Å². The Hall–Kier alpha value is -3.20. The summed E-state index contributed by atoms with van der Waals surface area (Å²) in [4.78, 5) is 14.6. The standard InChI is InChI=1S/C25H19ClF6N2O/c1-14-10-21(33-19-8-6-18(26)7-9-19)20-4-2-3-5-22(20)34(14)23(35)15-11-16(24(27,28)29)13-17(12-15)25(30,31)32/h2-9,11-14,21,33H,10H2,1H3/t14-,21+/m0/s1. The SMILES string of the molecule is C[C@H]1C[C@@H](Nc2ccc(Cl)cc2)c2ccccc2N1C(=O)c1cc(C(F)(F)F)cc(C(F)(F)F)c1. The van der Waals surface area contributed by atoms with Crippen LogP contribution in [-0.4, -0.2) is 11.9 Å². The van der Waals surface area contributed by atoms with Gasteiger partial charge in [0.1, 0.15) is 0 Å². The van der Waals surface area contributed by atoms with Gasteiger partial charge in [-0.15, -0.1) is 0 Å². The number of carbonyl (C=O) groups excluding carboxylic acids is 1. The normalized spacial score (nSPS) is 18.2. The summed E-state index contributed by atoms with van der Waals surface area (Å²) in [6, 6.07) is 14.0. The molecule has 1 amide bonds. The summed E-state index contributed by atoms with van der Waals surface area (Å²) in [5, 5.41) is 3.92. The summed E-state index contributed by atoms with van der Waals surface area (Å²) < 4.78 is 80.0. The molecule has 1 N–H and O–H groups in total. The van der Waals surface area contributed by atoms with E-state index in [2.05, 4.69) is 5.32 Å². The molecular formula is C25H19ClF6N2O. The second-order valence-electron chi connectivity index (χ2n) is 8.32. The van der Waals surface area contributed by atoms with Gasteiger partial charge < -0.3 is 10.2 Å². The number of hydrogen-bond donors (Lipinski definition) is 1. The van der Waals surface area contributed by atoms with Crippen molar-refractivity contribution < 1.29 is 31.1 Å². The highest BCUT2D eigenvalue weighted by Crippen LogP contribution is 2.41. The number of halogens is 7. The van der Waals surface area contributed by atoms with Crippen LogP contribution in [0.5, 0.6) is 0 Å². The fourth-order valence-corrected chi connectivity index (χ4v) is 4.35. The number of carbonyl (C=O) groups is 1. The third-order valence-electron chi connectivity index (χ3n) is 5.83. The highest BCUT2D eigenvalue weighted by atomic mass is 35.5. The fraction of sp³-hybridized carbons (Fsp3) is 0.240. The van der Waals surface area contributed by atoms with E-state index in [-0.39, 0.29) is 12.1 Å². The minimum Gasteiger partial charge on any atom is -0.378 e. The smallest absolute Gasteiger partial charge is 0.378 e. The average Bonchev–Trinajstić information content (AvgIpc) is 2.79. The minimum absolute atomic E-state index is 0.0103. The number of nitrogens with one attached hydrogen (secondary N) is 1. The first-order valence-electron chi connectivity index (χ1n) is 10.6. The number of anilines is 2. The number of para-hydroxylation sites is 1. The largest absolute Gasteiger partial charge is 0.416 e. The van der Waals surface area contributed by atoms with E-state index < -0.39 is 41.0 Å². The first-order valence-corrected chi connectivity index (χ1v) is 11.0. The molecule has 10 heteroatoms. The molecule has 0 aromatic heterocycles. The number of nitrogens with zero attached hydrogens (tertiary/aromatic N) is 1. The summed E-state index contributed by atoms with van der Waals surface area (Å²) >= 11 is 5.94. The van der Waals surface area contributed by atoms with Crippen molar-refractivity contribution in [3.8, 4) is 0 Å². The monoisotopic (exact) mass is 512 g/mol. The van der Waals surface area contributed by atoms with E-state index in [4.69, 9.17) is 11.6 Å². The number of fused-ring (bicyclic) bond motifs is 1. The lowest BCUT2D eigenvalue weighted by Gasteiger charge is -2.40. The van der Waals surface area contributed by atoms with Gasteiger partial charge >= 0.3 is 12.4 Å². The van der Waals surface area contributed by atoms with Crippen LogP contribution in [0.15, 0.2) is 66.7 Å². The van der Waals surface area contributed by atoms with Crippen LogP contribution >= 0.6 is 11.6 Å². The summed E-state index contributed by atoms with van der Waals surface area (Å²) in [5.74, 6) is -0.938. The van der Waals surface area contributed by atoms with E-state index >= 15 is 0 Å². The van der Waals surface area contributed by atoms with Crippen molar-refractivity contribution in [2.75, 3.05) is 10.2 Å². The van der Waals surface area contributed by atoms with Crippen molar-refractivity contribution in [3.63, 3.8) is 0 Å². The van der Waals surface area contributed by atoms with E-state index in [0.29, 0.717) is 34.8 Å². The first kappa shape index (κ1) is 24.9. The number of amides is 1. The minimum atomic E-state index is -5.05. The number of alkyl halides is 6. The van der Waals surface area contributed by atoms with Gasteiger partial charge in [-0.2, -0.15) is 26.3 Å². The van der Waals surface area contributed by atoms with Crippen LogP contribution in [0.1, 0.15) is 46.4 Å². The van der Waals surface area contributed by atoms with E-state index in [0.717, 1.165) is 5.69 Å². The maximum absolute atomic E-state index is 13.4. The molecule has 35 heavy (non-hydrogen) atoms. The molecule has 0 unspecified atom stereocenters. The maximum atomic E-state index is 13.4. The average molecular weight is 513 g/mol. The maximum Gasteiger partial charge on any atom is 0.416 e. The number of benzene rings is 3. The van der Waals surface area contributed by atoms with Gasteiger partial charge in [-0.05, 0) is 67.4 Å².